The molecular formula is C25H18F5N3O4. The van der Waals surface area contributed by atoms with E-state index in [1.165, 1.54) is 0 Å². The first-order valence-corrected chi connectivity index (χ1v) is 11.2. The summed E-state index contributed by atoms with van der Waals surface area (Å²) < 4.78 is 68.5. The summed E-state index contributed by atoms with van der Waals surface area (Å²) in [6.07, 6.45) is 2.06. The van der Waals surface area contributed by atoms with E-state index >= 15 is 0 Å². The van der Waals surface area contributed by atoms with Crippen molar-refractivity contribution in [3.8, 4) is 5.75 Å². The maximum Gasteiger partial charge on any atom is 0.278 e. The molecule has 2 unspecified atom stereocenters. The van der Waals surface area contributed by atoms with E-state index in [-0.39, 0.29) is 24.1 Å². The third-order valence-corrected chi connectivity index (χ3v) is 6.67. The zero-order valence-corrected chi connectivity index (χ0v) is 18.9. The molecule has 3 N–H and O–H groups in total. The van der Waals surface area contributed by atoms with Crippen LogP contribution in [0.3, 0.4) is 0 Å². The number of aromatic hydroxyl groups is 1. The Kier molecular flexibility index (Phi) is 5.97. The van der Waals surface area contributed by atoms with Crippen LogP contribution in [0.15, 0.2) is 35.3 Å². The van der Waals surface area contributed by atoms with Crippen molar-refractivity contribution in [3.63, 3.8) is 0 Å². The van der Waals surface area contributed by atoms with Crippen molar-refractivity contribution < 1.29 is 36.6 Å². The van der Waals surface area contributed by atoms with Crippen LogP contribution in [0.2, 0.25) is 0 Å². The lowest BCUT2D eigenvalue weighted by Gasteiger charge is -2.24. The minimum atomic E-state index is -1.25. The van der Waals surface area contributed by atoms with Crippen molar-refractivity contribution >= 4 is 17.5 Å². The summed E-state index contributed by atoms with van der Waals surface area (Å²) in [5.74, 6) is -8.71. The summed E-state index contributed by atoms with van der Waals surface area (Å²) in [6, 6.07) is 2.76. The number of nitrogens with one attached hydrogen (secondary N) is 2. The molecule has 2 aromatic carbocycles. The van der Waals surface area contributed by atoms with Gasteiger partial charge in [-0.05, 0) is 36.3 Å². The molecule has 1 aromatic heterocycles. The Hall–Kier alpha value is -4.22. The number of aromatic amines is 1. The summed E-state index contributed by atoms with van der Waals surface area (Å²) in [4.78, 5) is 42.0. The van der Waals surface area contributed by atoms with Gasteiger partial charge in [-0.25, -0.2) is 22.0 Å². The van der Waals surface area contributed by atoms with Crippen LogP contribution in [0, 0.1) is 40.9 Å². The molecule has 0 bridgehead atoms. The SMILES string of the molecule is O=C(NCc1c(F)cc(F)cc1F)c1c[nH]c(C(=O)N2CC3CC3Cc3cc(F)c(F)cc32)c(O)c1=O. The van der Waals surface area contributed by atoms with Crippen LogP contribution in [-0.4, -0.2) is 28.4 Å². The van der Waals surface area contributed by atoms with Gasteiger partial charge in [-0.15, -0.1) is 0 Å². The van der Waals surface area contributed by atoms with Crippen LogP contribution in [0.25, 0.3) is 0 Å². The monoisotopic (exact) mass is 519 g/mol. The lowest BCUT2D eigenvalue weighted by Crippen LogP contribution is -2.35. The van der Waals surface area contributed by atoms with Crippen molar-refractivity contribution in [1.29, 1.82) is 0 Å². The van der Waals surface area contributed by atoms with Crippen molar-refractivity contribution in [2.75, 3.05) is 11.4 Å². The van der Waals surface area contributed by atoms with E-state index in [4.69, 9.17) is 0 Å². The van der Waals surface area contributed by atoms with Crippen molar-refractivity contribution in [2.24, 2.45) is 11.8 Å². The summed E-state index contributed by atoms with van der Waals surface area (Å²) in [5, 5.41) is 12.6. The van der Waals surface area contributed by atoms with E-state index in [9.17, 15) is 41.4 Å². The predicted molar refractivity (Wildman–Crippen MR) is 120 cm³/mol. The molecular weight excluding hydrogens is 501 g/mol. The minimum Gasteiger partial charge on any atom is -0.503 e. The fourth-order valence-corrected chi connectivity index (χ4v) is 4.57. The van der Waals surface area contributed by atoms with Gasteiger partial charge in [-0.1, -0.05) is 0 Å². The number of carbonyl (C=O) groups excluding carboxylic acids is 2. The third-order valence-electron chi connectivity index (χ3n) is 6.67. The number of hydrogen-bond acceptors (Lipinski definition) is 4. The van der Waals surface area contributed by atoms with Crippen molar-refractivity contribution in [1.82, 2.24) is 10.3 Å². The number of rotatable bonds is 4. The number of benzene rings is 2. The van der Waals surface area contributed by atoms with E-state index in [1.807, 2.05) is 0 Å². The van der Waals surface area contributed by atoms with E-state index in [1.54, 1.807) is 0 Å². The number of nitrogens with zero attached hydrogens (tertiary/aromatic N) is 1. The Morgan fingerprint density at radius 3 is 2.38 bits per heavy atom. The first-order chi connectivity index (χ1) is 17.5. The van der Waals surface area contributed by atoms with Gasteiger partial charge >= 0.3 is 0 Å². The van der Waals surface area contributed by atoms with Gasteiger partial charge in [0.1, 0.15) is 23.0 Å². The highest BCUT2D eigenvalue weighted by molar-refractivity contribution is 6.07. The number of H-pyrrole nitrogens is 1. The molecule has 1 aliphatic carbocycles. The summed E-state index contributed by atoms with van der Waals surface area (Å²) >= 11 is 0. The Bertz CT molecular complexity index is 1500. The fourth-order valence-electron chi connectivity index (χ4n) is 4.57. The maximum atomic E-state index is 14.0. The normalized spacial score (nSPS) is 18.0. The van der Waals surface area contributed by atoms with Crippen LogP contribution in [0.4, 0.5) is 27.6 Å². The molecule has 2 amide bonds. The highest BCUT2D eigenvalue weighted by atomic mass is 19.2. The lowest BCUT2D eigenvalue weighted by atomic mass is 10.1. The molecule has 2 aliphatic rings. The zero-order chi connectivity index (χ0) is 26.6. The summed E-state index contributed by atoms with van der Waals surface area (Å²) in [5.41, 5.74) is -2.61. The molecule has 0 spiro atoms. The van der Waals surface area contributed by atoms with Crippen LogP contribution >= 0.6 is 0 Å². The van der Waals surface area contributed by atoms with Gasteiger partial charge in [0.15, 0.2) is 23.1 Å². The quantitative estimate of drug-likeness (QED) is 0.459. The smallest absolute Gasteiger partial charge is 0.278 e. The molecule has 192 valence electrons. The van der Waals surface area contributed by atoms with Gasteiger partial charge in [-0.3, -0.25) is 14.4 Å². The standard InChI is InChI=1S/C25H18F5N3O4/c26-13-4-16(27)14(17(28)5-13)7-32-24(36)15-8-31-21(23(35)22(15)34)25(37)33-9-12-2-10(12)1-11-3-18(29)19(30)6-20(11)33/h3-6,8,10,12,35H,1-2,7,9H2,(H,31,34)(H,32,36). The number of carbonyl (C=O) groups is 2. The number of aromatic nitrogens is 1. The molecule has 5 rings (SSSR count). The Morgan fingerprint density at radius 2 is 1.68 bits per heavy atom. The number of halogens is 5. The van der Waals surface area contributed by atoms with Crippen LogP contribution in [0.5, 0.6) is 5.75 Å². The summed E-state index contributed by atoms with van der Waals surface area (Å²) in [6.45, 7) is -0.576. The molecule has 7 nitrogen and oxygen atoms in total. The number of amides is 2. The second kappa shape index (κ2) is 9.02. The highest BCUT2D eigenvalue weighted by Gasteiger charge is 2.43. The maximum absolute atomic E-state index is 14.0. The molecule has 2 heterocycles. The van der Waals surface area contributed by atoms with Crippen molar-refractivity contribution in [3.05, 3.63) is 92.2 Å². The molecule has 1 fully saturated rings. The lowest BCUT2D eigenvalue weighted by molar-refractivity contribution is 0.0942. The Morgan fingerprint density at radius 1 is 1.00 bits per heavy atom. The van der Waals surface area contributed by atoms with Gasteiger partial charge in [0, 0.05) is 43.0 Å². The van der Waals surface area contributed by atoms with Crippen LogP contribution in [0.1, 0.15) is 38.4 Å². The molecule has 3 aromatic rings. The van der Waals surface area contributed by atoms with Gasteiger partial charge in [-0.2, -0.15) is 0 Å². The van der Waals surface area contributed by atoms with E-state index < -0.39 is 75.4 Å². The zero-order valence-electron chi connectivity index (χ0n) is 18.9. The Labute approximate surface area is 205 Å². The first-order valence-electron chi connectivity index (χ1n) is 11.2. The average Bonchev–Trinajstić information content (AvgIpc) is 3.58. The number of anilines is 1. The molecule has 12 heteroatoms. The molecule has 0 radical (unpaired) electrons. The van der Waals surface area contributed by atoms with E-state index in [2.05, 4.69) is 10.3 Å². The van der Waals surface area contributed by atoms with Crippen LogP contribution in [-0.2, 0) is 13.0 Å². The molecule has 1 saturated carbocycles. The third kappa shape index (κ3) is 4.43. The number of hydrogen-bond donors (Lipinski definition) is 3. The molecule has 0 saturated heterocycles. The largest absolute Gasteiger partial charge is 0.503 e. The van der Waals surface area contributed by atoms with Gasteiger partial charge < -0.3 is 20.3 Å². The summed E-state index contributed by atoms with van der Waals surface area (Å²) in [7, 11) is 0. The molecule has 1 aliphatic heterocycles. The second-order valence-corrected chi connectivity index (χ2v) is 9.06. The average molecular weight is 519 g/mol. The highest BCUT2D eigenvalue weighted by Crippen LogP contribution is 2.47. The minimum absolute atomic E-state index is 0.0774. The van der Waals surface area contributed by atoms with Crippen molar-refractivity contribution in [2.45, 2.75) is 19.4 Å². The van der Waals surface area contributed by atoms with Gasteiger partial charge in [0.25, 0.3) is 11.8 Å². The molecule has 37 heavy (non-hydrogen) atoms. The number of fused-ring (bicyclic) bond motifs is 2. The van der Waals surface area contributed by atoms with Gasteiger partial charge in [0.05, 0.1) is 5.69 Å². The van der Waals surface area contributed by atoms with E-state index in [0.717, 1.165) is 29.7 Å². The topological polar surface area (TPSA) is 102 Å². The predicted octanol–water partition coefficient (Wildman–Crippen LogP) is 3.55. The molecule has 2 atom stereocenters. The number of pyridine rings is 1. The van der Waals surface area contributed by atoms with E-state index in [0.29, 0.717) is 24.1 Å². The van der Waals surface area contributed by atoms with Crippen LogP contribution < -0.4 is 15.6 Å². The fraction of sp³-hybridized carbons (Fsp3) is 0.240. The second-order valence-electron chi connectivity index (χ2n) is 9.06. The first kappa shape index (κ1) is 24.5. The van der Waals surface area contributed by atoms with Gasteiger partial charge in [0.2, 0.25) is 5.43 Å². The Balaban J connectivity index is 1.41.